The van der Waals surface area contributed by atoms with Gasteiger partial charge in [-0.3, -0.25) is 4.79 Å². The molecule has 0 aliphatic rings. The third-order valence-electron chi connectivity index (χ3n) is 5.35. The molecule has 2 heterocycles. The Kier molecular flexibility index (Phi) is 6.73. The first-order chi connectivity index (χ1) is 16.4. The lowest BCUT2D eigenvalue weighted by Gasteiger charge is -2.04. The smallest absolute Gasteiger partial charge is 0.355 e. The van der Waals surface area contributed by atoms with Crippen molar-refractivity contribution in [2.75, 3.05) is 0 Å². The molecule has 0 atom stereocenters. The molecule has 0 spiro atoms. The van der Waals surface area contributed by atoms with Crippen LogP contribution in [0.25, 0.3) is 0 Å². The molecule has 0 amide bonds. The van der Waals surface area contributed by atoms with E-state index in [9.17, 15) is 14.4 Å². The minimum atomic E-state index is -0.548. The predicted molar refractivity (Wildman–Crippen MR) is 126 cm³/mol. The molecule has 0 fully saturated rings. The molecule has 7 heteroatoms. The summed E-state index contributed by atoms with van der Waals surface area (Å²) in [4.78, 5) is 43.8. The van der Waals surface area contributed by atoms with E-state index in [0.717, 1.165) is 11.1 Å². The summed E-state index contributed by atoms with van der Waals surface area (Å²) < 4.78 is 10.7. The van der Waals surface area contributed by atoms with E-state index in [0.29, 0.717) is 11.1 Å². The second-order valence-corrected chi connectivity index (χ2v) is 7.93. The topological polar surface area (TPSA) is 101 Å². The van der Waals surface area contributed by atoms with Gasteiger partial charge in [-0.15, -0.1) is 0 Å². The van der Waals surface area contributed by atoms with Gasteiger partial charge in [-0.1, -0.05) is 60.7 Å². The lowest BCUT2D eigenvalue weighted by Crippen LogP contribution is -2.09. The number of aryl methyl sites for hydroxylation is 2. The number of rotatable bonds is 8. The molecule has 0 aliphatic carbocycles. The number of esters is 2. The molecule has 0 saturated heterocycles. The van der Waals surface area contributed by atoms with Gasteiger partial charge in [-0.05, 0) is 48.2 Å². The molecule has 0 unspecified atom stereocenters. The highest BCUT2D eigenvalue weighted by Crippen LogP contribution is 2.19. The van der Waals surface area contributed by atoms with Crippen molar-refractivity contribution in [1.29, 1.82) is 0 Å². The van der Waals surface area contributed by atoms with Crippen molar-refractivity contribution < 1.29 is 23.9 Å². The Bertz CT molecular complexity index is 1220. The van der Waals surface area contributed by atoms with Crippen molar-refractivity contribution in [2.45, 2.75) is 27.1 Å². The number of aromatic nitrogens is 2. The second kappa shape index (κ2) is 10.0. The summed E-state index contributed by atoms with van der Waals surface area (Å²) in [7, 11) is 0. The largest absolute Gasteiger partial charge is 0.456 e. The van der Waals surface area contributed by atoms with Crippen LogP contribution in [0.2, 0.25) is 0 Å². The fraction of sp³-hybridized carbons (Fsp3) is 0.148. The van der Waals surface area contributed by atoms with Crippen LogP contribution in [-0.2, 0) is 22.7 Å². The van der Waals surface area contributed by atoms with Gasteiger partial charge in [-0.25, -0.2) is 9.59 Å². The van der Waals surface area contributed by atoms with Gasteiger partial charge in [0.25, 0.3) is 0 Å². The summed E-state index contributed by atoms with van der Waals surface area (Å²) in [5.41, 5.74) is 3.77. The van der Waals surface area contributed by atoms with Crippen LogP contribution in [0.4, 0.5) is 0 Å². The Balaban J connectivity index is 1.44. The van der Waals surface area contributed by atoms with Crippen LogP contribution in [0.1, 0.15) is 59.4 Å². The molecule has 7 nitrogen and oxygen atoms in total. The van der Waals surface area contributed by atoms with Gasteiger partial charge in [0.1, 0.15) is 24.6 Å². The molecule has 0 aliphatic heterocycles. The van der Waals surface area contributed by atoms with Gasteiger partial charge < -0.3 is 19.4 Å². The summed E-state index contributed by atoms with van der Waals surface area (Å²) >= 11 is 0. The molecule has 0 bridgehead atoms. The fourth-order valence-corrected chi connectivity index (χ4v) is 3.52. The Morgan fingerprint density at radius 3 is 1.41 bits per heavy atom. The van der Waals surface area contributed by atoms with Gasteiger partial charge in [0, 0.05) is 0 Å². The van der Waals surface area contributed by atoms with Crippen molar-refractivity contribution in [3.63, 3.8) is 0 Å². The lowest BCUT2D eigenvalue weighted by molar-refractivity contribution is 0.0457. The number of nitrogens with one attached hydrogen (secondary N) is 2. The highest BCUT2D eigenvalue weighted by atomic mass is 16.5. The zero-order valence-electron chi connectivity index (χ0n) is 18.9. The van der Waals surface area contributed by atoms with Gasteiger partial charge in [0.05, 0.1) is 11.4 Å². The molecular weight excluding hydrogens is 432 g/mol. The van der Waals surface area contributed by atoms with Gasteiger partial charge in [0.2, 0.25) is 5.78 Å². The molecular formula is C27H24N2O5. The first-order valence-corrected chi connectivity index (χ1v) is 10.8. The fourth-order valence-electron chi connectivity index (χ4n) is 3.52. The quantitative estimate of drug-likeness (QED) is 0.290. The summed E-state index contributed by atoms with van der Waals surface area (Å²) in [6.45, 7) is 3.70. The minimum Gasteiger partial charge on any atom is -0.456 e. The minimum absolute atomic E-state index is 0.131. The Hall–Kier alpha value is -4.39. The van der Waals surface area contributed by atoms with Gasteiger partial charge in [0.15, 0.2) is 0 Å². The summed E-state index contributed by atoms with van der Waals surface area (Å²) in [6.07, 6.45) is 0. The SMILES string of the molecule is Cc1cc(C(=O)c2cc(C)c(C(=O)OCc3ccccc3)[nH]2)[nH]c1C(=O)OCc1ccccc1. The number of hydrogen-bond acceptors (Lipinski definition) is 5. The Labute approximate surface area is 196 Å². The average Bonchev–Trinajstić information content (AvgIpc) is 3.44. The van der Waals surface area contributed by atoms with E-state index in [2.05, 4.69) is 9.97 Å². The highest BCUT2D eigenvalue weighted by molar-refractivity contribution is 6.08. The maximum atomic E-state index is 13.0. The highest BCUT2D eigenvalue weighted by Gasteiger charge is 2.22. The van der Waals surface area contributed by atoms with Gasteiger partial charge in [-0.2, -0.15) is 0 Å². The summed E-state index contributed by atoms with van der Waals surface area (Å²) in [6, 6.07) is 21.8. The summed E-state index contributed by atoms with van der Waals surface area (Å²) in [5, 5.41) is 0. The summed E-state index contributed by atoms with van der Waals surface area (Å²) in [5.74, 6) is -1.48. The van der Waals surface area contributed by atoms with Crippen LogP contribution in [0.5, 0.6) is 0 Å². The van der Waals surface area contributed by atoms with E-state index in [1.165, 1.54) is 0 Å². The first-order valence-electron chi connectivity index (χ1n) is 10.8. The standard InChI is InChI=1S/C27H24N2O5/c1-17-13-21(28-23(17)26(31)33-15-19-9-5-3-6-10-19)25(30)22-14-18(2)24(29-22)27(32)34-16-20-11-7-4-8-12-20/h3-14,28-29H,15-16H2,1-2H3. The van der Waals surface area contributed by atoms with E-state index in [1.54, 1.807) is 26.0 Å². The van der Waals surface area contributed by atoms with Crippen molar-refractivity contribution in [2.24, 2.45) is 0 Å². The van der Waals surface area contributed by atoms with Crippen LogP contribution in [-0.4, -0.2) is 27.7 Å². The number of benzene rings is 2. The van der Waals surface area contributed by atoms with Crippen LogP contribution in [0.3, 0.4) is 0 Å². The Morgan fingerprint density at radius 1 is 0.647 bits per heavy atom. The number of carbonyl (C=O) groups excluding carboxylic acids is 3. The molecule has 0 saturated carbocycles. The molecule has 2 N–H and O–H groups in total. The van der Waals surface area contributed by atoms with Crippen molar-refractivity contribution in [1.82, 2.24) is 9.97 Å². The van der Waals surface area contributed by atoms with Crippen molar-refractivity contribution in [3.05, 3.63) is 118 Å². The molecule has 2 aromatic heterocycles. The lowest BCUT2D eigenvalue weighted by atomic mass is 10.2. The number of aromatic amines is 2. The molecule has 0 radical (unpaired) electrons. The molecule has 172 valence electrons. The van der Waals surface area contributed by atoms with E-state index in [-0.39, 0.29) is 41.8 Å². The predicted octanol–water partition coefficient (Wildman–Crippen LogP) is 4.90. The molecule has 4 aromatic rings. The van der Waals surface area contributed by atoms with Crippen LogP contribution < -0.4 is 0 Å². The van der Waals surface area contributed by atoms with E-state index in [1.807, 2.05) is 60.7 Å². The maximum absolute atomic E-state index is 13.0. The van der Waals surface area contributed by atoms with E-state index in [4.69, 9.17) is 9.47 Å². The third kappa shape index (κ3) is 5.15. The van der Waals surface area contributed by atoms with E-state index < -0.39 is 11.9 Å². The van der Waals surface area contributed by atoms with Crippen molar-refractivity contribution >= 4 is 17.7 Å². The molecule has 34 heavy (non-hydrogen) atoms. The van der Waals surface area contributed by atoms with Crippen LogP contribution >= 0.6 is 0 Å². The molecule has 2 aromatic carbocycles. The average molecular weight is 456 g/mol. The monoisotopic (exact) mass is 456 g/mol. The molecule has 4 rings (SSSR count). The number of carbonyl (C=O) groups is 3. The number of ether oxygens (including phenoxy) is 2. The maximum Gasteiger partial charge on any atom is 0.355 e. The van der Waals surface area contributed by atoms with Crippen LogP contribution in [0.15, 0.2) is 72.8 Å². The second-order valence-electron chi connectivity index (χ2n) is 7.93. The first kappa shape index (κ1) is 22.8. The Morgan fingerprint density at radius 2 is 1.03 bits per heavy atom. The van der Waals surface area contributed by atoms with Gasteiger partial charge >= 0.3 is 11.9 Å². The number of ketones is 1. The van der Waals surface area contributed by atoms with E-state index >= 15 is 0 Å². The normalized spacial score (nSPS) is 10.6. The number of H-pyrrole nitrogens is 2. The number of hydrogen-bond donors (Lipinski definition) is 2. The zero-order chi connectivity index (χ0) is 24.1. The zero-order valence-corrected chi connectivity index (χ0v) is 18.9. The van der Waals surface area contributed by atoms with Crippen LogP contribution in [0, 0.1) is 13.8 Å². The van der Waals surface area contributed by atoms with Crippen molar-refractivity contribution in [3.8, 4) is 0 Å². The third-order valence-corrected chi connectivity index (χ3v) is 5.35.